The first kappa shape index (κ1) is 9.24. The molecule has 0 fully saturated rings. The molecule has 0 unspecified atom stereocenters. The summed E-state index contributed by atoms with van der Waals surface area (Å²) in [6.45, 7) is -0.266. The SMILES string of the molecule is O=c1c(CO)c[nH]c2c(Cl)cccc12. The van der Waals surface area contributed by atoms with E-state index in [4.69, 9.17) is 16.7 Å². The Hall–Kier alpha value is -1.32. The first-order valence-electron chi connectivity index (χ1n) is 4.13. The van der Waals surface area contributed by atoms with Crippen molar-refractivity contribution >= 4 is 22.5 Å². The van der Waals surface area contributed by atoms with Crippen LogP contribution in [0.5, 0.6) is 0 Å². The molecule has 4 heteroatoms. The quantitative estimate of drug-likeness (QED) is 0.751. The third kappa shape index (κ3) is 1.31. The van der Waals surface area contributed by atoms with Gasteiger partial charge in [0.15, 0.2) is 5.43 Å². The van der Waals surface area contributed by atoms with Crippen LogP contribution >= 0.6 is 11.6 Å². The smallest absolute Gasteiger partial charge is 0.194 e. The Morgan fingerprint density at radius 2 is 2.21 bits per heavy atom. The zero-order valence-electron chi connectivity index (χ0n) is 7.25. The summed E-state index contributed by atoms with van der Waals surface area (Å²) in [5.41, 5.74) is 0.778. The van der Waals surface area contributed by atoms with E-state index in [1.165, 1.54) is 6.20 Å². The number of benzene rings is 1. The number of hydrogen-bond donors (Lipinski definition) is 2. The maximum atomic E-state index is 11.7. The monoisotopic (exact) mass is 209 g/mol. The number of hydrogen-bond acceptors (Lipinski definition) is 2. The van der Waals surface area contributed by atoms with Gasteiger partial charge in [-0.1, -0.05) is 17.7 Å². The summed E-state index contributed by atoms with van der Waals surface area (Å²) in [5.74, 6) is 0. The number of halogens is 1. The maximum absolute atomic E-state index is 11.7. The van der Waals surface area contributed by atoms with Gasteiger partial charge in [0, 0.05) is 17.1 Å². The fraction of sp³-hybridized carbons (Fsp3) is 0.100. The van der Waals surface area contributed by atoms with E-state index in [2.05, 4.69) is 4.98 Å². The summed E-state index contributed by atoms with van der Waals surface area (Å²) in [7, 11) is 0. The molecule has 2 N–H and O–H groups in total. The predicted octanol–water partition coefficient (Wildman–Crippen LogP) is 1.67. The van der Waals surface area contributed by atoms with Crippen LogP contribution in [0.25, 0.3) is 10.9 Å². The van der Waals surface area contributed by atoms with Gasteiger partial charge in [0.05, 0.1) is 17.1 Å². The van der Waals surface area contributed by atoms with Gasteiger partial charge in [-0.05, 0) is 12.1 Å². The lowest BCUT2D eigenvalue weighted by Crippen LogP contribution is -2.09. The van der Waals surface area contributed by atoms with Gasteiger partial charge >= 0.3 is 0 Å². The van der Waals surface area contributed by atoms with Crippen molar-refractivity contribution < 1.29 is 5.11 Å². The molecule has 0 bridgehead atoms. The molecule has 14 heavy (non-hydrogen) atoms. The number of fused-ring (bicyclic) bond motifs is 1. The molecule has 0 aliphatic heterocycles. The van der Waals surface area contributed by atoms with Gasteiger partial charge in [0.1, 0.15) is 0 Å². The highest BCUT2D eigenvalue weighted by Gasteiger charge is 2.05. The minimum Gasteiger partial charge on any atom is -0.391 e. The standard InChI is InChI=1S/C10H8ClNO2/c11-8-3-1-2-7-9(8)12-4-6(5-13)10(7)14/h1-4,13H,5H2,(H,12,14). The Morgan fingerprint density at radius 1 is 1.43 bits per heavy atom. The summed E-state index contributed by atoms with van der Waals surface area (Å²) >= 11 is 5.89. The number of aromatic amines is 1. The van der Waals surface area contributed by atoms with Crippen molar-refractivity contribution in [3.63, 3.8) is 0 Å². The highest BCUT2D eigenvalue weighted by Crippen LogP contribution is 2.18. The lowest BCUT2D eigenvalue weighted by atomic mass is 10.1. The third-order valence-electron chi connectivity index (χ3n) is 2.11. The second-order valence-electron chi connectivity index (χ2n) is 2.96. The lowest BCUT2D eigenvalue weighted by Gasteiger charge is -2.01. The van der Waals surface area contributed by atoms with Crippen LogP contribution in [-0.4, -0.2) is 10.1 Å². The van der Waals surface area contributed by atoms with Crippen molar-refractivity contribution in [3.05, 3.63) is 45.2 Å². The fourth-order valence-corrected chi connectivity index (χ4v) is 1.60. The Kier molecular flexibility index (Phi) is 2.27. The van der Waals surface area contributed by atoms with Crippen molar-refractivity contribution in [3.8, 4) is 0 Å². The number of aliphatic hydroxyl groups excluding tert-OH is 1. The molecule has 1 aromatic heterocycles. The van der Waals surface area contributed by atoms with Crippen molar-refractivity contribution in [2.45, 2.75) is 6.61 Å². The largest absolute Gasteiger partial charge is 0.391 e. The molecule has 72 valence electrons. The van der Waals surface area contributed by atoms with Crippen molar-refractivity contribution in [1.29, 1.82) is 0 Å². The molecule has 0 aliphatic rings. The van der Waals surface area contributed by atoms with Crippen LogP contribution in [0.1, 0.15) is 5.56 Å². The number of aromatic nitrogens is 1. The molecular weight excluding hydrogens is 202 g/mol. The van der Waals surface area contributed by atoms with Gasteiger partial charge in [0.2, 0.25) is 0 Å². The number of H-pyrrole nitrogens is 1. The van der Waals surface area contributed by atoms with E-state index in [-0.39, 0.29) is 12.0 Å². The van der Waals surface area contributed by atoms with E-state index < -0.39 is 0 Å². The highest BCUT2D eigenvalue weighted by molar-refractivity contribution is 6.34. The Morgan fingerprint density at radius 3 is 2.93 bits per heavy atom. The molecule has 0 aliphatic carbocycles. The number of para-hydroxylation sites is 1. The van der Waals surface area contributed by atoms with Gasteiger partial charge < -0.3 is 10.1 Å². The summed E-state index contributed by atoms with van der Waals surface area (Å²) in [6.07, 6.45) is 1.48. The third-order valence-corrected chi connectivity index (χ3v) is 2.43. The van der Waals surface area contributed by atoms with E-state index in [0.717, 1.165) is 0 Å². The molecule has 0 amide bonds. The minimum atomic E-state index is -0.266. The van der Waals surface area contributed by atoms with Crippen LogP contribution < -0.4 is 5.43 Å². The molecule has 0 saturated heterocycles. The summed E-state index contributed by atoms with van der Waals surface area (Å²) in [5, 5.41) is 9.90. The Bertz CT molecular complexity index is 533. The van der Waals surface area contributed by atoms with Gasteiger partial charge in [0.25, 0.3) is 0 Å². The summed E-state index contributed by atoms with van der Waals surface area (Å²) < 4.78 is 0. The number of rotatable bonds is 1. The van der Waals surface area contributed by atoms with Gasteiger partial charge in [-0.15, -0.1) is 0 Å². The van der Waals surface area contributed by atoms with E-state index in [0.29, 0.717) is 21.5 Å². The van der Waals surface area contributed by atoms with Crippen molar-refractivity contribution in [2.24, 2.45) is 0 Å². The average Bonchev–Trinajstić information content (AvgIpc) is 2.20. The van der Waals surface area contributed by atoms with E-state index in [1.807, 2.05) is 0 Å². The second-order valence-corrected chi connectivity index (χ2v) is 3.37. The van der Waals surface area contributed by atoms with Crippen LogP contribution in [0.4, 0.5) is 0 Å². The van der Waals surface area contributed by atoms with Crippen LogP contribution in [0.2, 0.25) is 5.02 Å². The predicted molar refractivity (Wildman–Crippen MR) is 55.5 cm³/mol. The Labute approximate surface area is 85.0 Å². The first-order chi connectivity index (χ1) is 6.74. The molecule has 2 aromatic rings. The maximum Gasteiger partial charge on any atom is 0.194 e. The Balaban J connectivity index is 2.91. The molecule has 1 heterocycles. The molecule has 1 aromatic carbocycles. The van der Waals surface area contributed by atoms with Crippen LogP contribution in [0.15, 0.2) is 29.2 Å². The number of aliphatic hydroxyl groups is 1. The van der Waals surface area contributed by atoms with Gasteiger partial charge in [-0.3, -0.25) is 4.79 Å². The minimum absolute atomic E-state index is 0.177. The van der Waals surface area contributed by atoms with Gasteiger partial charge in [-0.25, -0.2) is 0 Å². The number of pyridine rings is 1. The topological polar surface area (TPSA) is 53.1 Å². The van der Waals surface area contributed by atoms with Crippen molar-refractivity contribution in [2.75, 3.05) is 0 Å². The zero-order chi connectivity index (χ0) is 10.1. The fourth-order valence-electron chi connectivity index (χ4n) is 1.38. The first-order valence-corrected chi connectivity index (χ1v) is 4.51. The summed E-state index contributed by atoms with van der Waals surface area (Å²) in [6, 6.07) is 5.10. The van der Waals surface area contributed by atoms with E-state index >= 15 is 0 Å². The lowest BCUT2D eigenvalue weighted by molar-refractivity contribution is 0.280. The molecule has 0 atom stereocenters. The molecule has 2 rings (SSSR count). The second kappa shape index (κ2) is 3.44. The zero-order valence-corrected chi connectivity index (χ0v) is 8.01. The van der Waals surface area contributed by atoms with Gasteiger partial charge in [-0.2, -0.15) is 0 Å². The highest BCUT2D eigenvalue weighted by atomic mass is 35.5. The van der Waals surface area contributed by atoms with Crippen molar-refractivity contribution in [1.82, 2.24) is 4.98 Å². The molecular formula is C10H8ClNO2. The molecule has 3 nitrogen and oxygen atoms in total. The summed E-state index contributed by atoms with van der Waals surface area (Å²) in [4.78, 5) is 14.6. The molecule has 0 spiro atoms. The van der Waals surface area contributed by atoms with Crippen LogP contribution in [-0.2, 0) is 6.61 Å². The average molecular weight is 210 g/mol. The number of nitrogens with one attached hydrogen (secondary N) is 1. The van der Waals surface area contributed by atoms with E-state index in [1.54, 1.807) is 18.2 Å². The van der Waals surface area contributed by atoms with Crippen LogP contribution in [0, 0.1) is 0 Å². The van der Waals surface area contributed by atoms with Crippen LogP contribution in [0.3, 0.4) is 0 Å². The van der Waals surface area contributed by atoms with E-state index in [9.17, 15) is 4.79 Å². The molecule has 0 saturated carbocycles. The normalized spacial score (nSPS) is 10.7. The molecule has 0 radical (unpaired) electrons.